The fourth-order valence-electron chi connectivity index (χ4n) is 4.89. The number of hydrogen-bond donors (Lipinski definition) is 2. The van der Waals surface area contributed by atoms with Crippen LogP contribution in [0.2, 0.25) is 10.0 Å². The first-order chi connectivity index (χ1) is 21.5. The number of rotatable bonds is 14. The van der Waals surface area contributed by atoms with E-state index in [0.717, 1.165) is 10.9 Å². The molecule has 0 bridgehead atoms. The maximum absolute atomic E-state index is 14.8. The number of carbonyl (C=O) groups excluding carboxylic acids is 4. The van der Waals surface area contributed by atoms with Crippen molar-refractivity contribution in [2.75, 3.05) is 6.54 Å². The molecule has 3 atom stereocenters. The van der Waals surface area contributed by atoms with Gasteiger partial charge in [-0.2, -0.15) is 22.0 Å². The Labute approximate surface area is 272 Å². The topological polar surface area (TPSA) is 92.3 Å². The molecule has 0 aliphatic carbocycles. The van der Waals surface area contributed by atoms with Crippen LogP contribution in [0.4, 0.5) is 22.0 Å². The standard InChI is InChI=1S/C33H31Cl2F5N2O4/c1-19(2)25(30(45)33(39,40)31(46)41-18-32(36,37)38)16-27(43)29(21-11-7-4-8-12-21)42-28(44)17-26(20-9-5-3-6-10-20)22-13-23(34)15-24(35)14-22/h3-15,19,25-26,29H,16-18H2,1-2H3,(H,41,46)(H,42,44)/t25-,26?,29-/m0/s1. The smallest absolute Gasteiger partial charge is 0.342 e. The average Bonchev–Trinajstić information content (AvgIpc) is 2.99. The molecule has 1 unspecified atom stereocenters. The van der Waals surface area contributed by atoms with Crippen molar-refractivity contribution in [3.8, 4) is 0 Å². The van der Waals surface area contributed by atoms with E-state index in [1.807, 2.05) is 0 Å². The van der Waals surface area contributed by atoms with Gasteiger partial charge in [0.1, 0.15) is 12.6 Å². The summed E-state index contributed by atoms with van der Waals surface area (Å²) >= 11 is 12.5. The number of halogens is 7. The zero-order valence-electron chi connectivity index (χ0n) is 24.7. The van der Waals surface area contributed by atoms with Crippen LogP contribution in [0, 0.1) is 11.8 Å². The van der Waals surface area contributed by atoms with Gasteiger partial charge in [-0.25, -0.2) is 0 Å². The van der Waals surface area contributed by atoms with Crippen LogP contribution < -0.4 is 10.6 Å². The van der Waals surface area contributed by atoms with Gasteiger partial charge < -0.3 is 10.6 Å². The Bertz CT molecular complexity index is 1520. The Kier molecular flexibility index (Phi) is 12.5. The van der Waals surface area contributed by atoms with E-state index >= 15 is 0 Å². The minimum atomic E-state index is -4.98. The number of alkyl halides is 5. The van der Waals surface area contributed by atoms with Crippen LogP contribution in [0.25, 0.3) is 0 Å². The van der Waals surface area contributed by atoms with E-state index in [4.69, 9.17) is 23.2 Å². The molecule has 46 heavy (non-hydrogen) atoms. The molecule has 0 saturated heterocycles. The molecular formula is C33H31Cl2F5N2O4. The van der Waals surface area contributed by atoms with Crippen molar-refractivity contribution < 1.29 is 41.1 Å². The number of nitrogens with one attached hydrogen (secondary N) is 2. The molecule has 3 rings (SSSR count). The zero-order chi connectivity index (χ0) is 34.2. The number of Topliss-reactive ketones (excluding diaryl/α,β-unsaturated/α-hetero) is 2. The molecule has 3 aromatic rings. The molecule has 0 saturated carbocycles. The number of ketones is 2. The predicted molar refractivity (Wildman–Crippen MR) is 164 cm³/mol. The van der Waals surface area contributed by atoms with Crippen LogP contribution in [0.15, 0.2) is 78.9 Å². The summed E-state index contributed by atoms with van der Waals surface area (Å²) in [6, 6.07) is 20.3. The van der Waals surface area contributed by atoms with Gasteiger partial charge in [-0.05, 0) is 40.8 Å². The second-order valence-corrected chi connectivity index (χ2v) is 11.9. The SMILES string of the molecule is CC(C)[C@H](CC(=O)[C@@H](NC(=O)CC(c1ccccc1)c1cc(Cl)cc(Cl)c1)c1ccccc1)C(=O)C(F)(F)C(=O)NCC(F)(F)F. The molecule has 6 nitrogen and oxygen atoms in total. The maximum Gasteiger partial charge on any atom is 0.405 e. The number of amides is 2. The van der Waals surface area contributed by atoms with Gasteiger partial charge >= 0.3 is 12.1 Å². The molecule has 0 aliphatic heterocycles. The summed E-state index contributed by atoms with van der Waals surface area (Å²) in [5, 5.41) is 4.37. The lowest BCUT2D eigenvalue weighted by atomic mass is 9.82. The number of benzene rings is 3. The molecule has 3 aromatic carbocycles. The van der Waals surface area contributed by atoms with Gasteiger partial charge in [0.25, 0.3) is 5.91 Å². The first-order valence-corrected chi connectivity index (χ1v) is 14.9. The normalized spacial score (nSPS) is 13.9. The highest BCUT2D eigenvalue weighted by Crippen LogP contribution is 2.33. The minimum Gasteiger partial charge on any atom is -0.342 e. The summed E-state index contributed by atoms with van der Waals surface area (Å²) in [5.74, 6) is -13.9. The molecular weight excluding hydrogens is 654 g/mol. The van der Waals surface area contributed by atoms with Gasteiger partial charge in [-0.15, -0.1) is 0 Å². The molecule has 13 heteroatoms. The lowest BCUT2D eigenvalue weighted by Crippen LogP contribution is -2.51. The van der Waals surface area contributed by atoms with Crippen molar-refractivity contribution in [2.45, 2.75) is 50.7 Å². The Balaban J connectivity index is 1.88. The summed E-state index contributed by atoms with van der Waals surface area (Å²) in [5.41, 5.74) is 1.67. The Morgan fingerprint density at radius 3 is 1.76 bits per heavy atom. The van der Waals surface area contributed by atoms with Crippen LogP contribution in [-0.2, 0) is 19.2 Å². The molecule has 0 aliphatic rings. The van der Waals surface area contributed by atoms with Crippen LogP contribution >= 0.6 is 23.2 Å². The van der Waals surface area contributed by atoms with Crippen LogP contribution in [0.3, 0.4) is 0 Å². The van der Waals surface area contributed by atoms with Crippen molar-refractivity contribution in [3.05, 3.63) is 106 Å². The molecule has 0 aromatic heterocycles. The third kappa shape index (κ3) is 10.1. The fraction of sp³-hybridized carbons (Fsp3) is 0.333. The lowest BCUT2D eigenvalue weighted by Gasteiger charge is -2.26. The summed E-state index contributed by atoms with van der Waals surface area (Å²) in [6.07, 6.45) is -5.99. The Morgan fingerprint density at radius 1 is 0.739 bits per heavy atom. The van der Waals surface area contributed by atoms with Crippen molar-refractivity contribution in [1.29, 1.82) is 0 Å². The van der Waals surface area contributed by atoms with Crippen LogP contribution in [0.5, 0.6) is 0 Å². The van der Waals surface area contributed by atoms with Gasteiger partial charge in [0.2, 0.25) is 11.7 Å². The average molecular weight is 686 g/mol. The maximum atomic E-state index is 14.8. The molecule has 2 amide bonds. The summed E-state index contributed by atoms with van der Waals surface area (Å²) in [6.45, 7) is 0.653. The number of carbonyl (C=O) groups is 4. The predicted octanol–water partition coefficient (Wildman–Crippen LogP) is 7.49. The molecule has 0 fully saturated rings. The van der Waals surface area contributed by atoms with Gasteiger partial charge in [-0.1, -0.05) is 97.7 Å². The lowest BCUT2D eigenvalue weighted by molar-refractivity contribution is -0.167. The quantitative estimate of drug-likeness (QED) is 0.136. The highest BCUT2D eigenvalue weighted by molar-refractivity contribution is 6.34. The minimum absolute atomic E-state index is 0.179. The Hall–Kier alpha value is -3.83. The van der Waals surface area contributed by atoms with E-state index < -0.39 is 72.2 Å². The fourth-order valence-corrected chi connectivity index (χ4v) is 5.44. The molecule has 0 spiro atoms. The van der Waals surface area contributed by atoms with E-state index in [1.54, 1.807) is 60.7 Å². The van der Waals surface area contributed by atoms with Crippen molar-refractivity contribution in [1.82, 2.24) is 10.6 Å². The first-order valence-electron chi connectivity index (χ1n) is 14.1. The summed E-state index contributed by atoms with van der Waals surface area (Å²) < 4.78 is 67.0. The Morgan fingerprint density at radius 2 is 1.26 bits per heavy atom. The molecule has 2 N–H and O–H groups in total. The summed E-state index contributed by atoms with van der Waals surface area (Å²) in [4.78, 5) is 52.0. The second kappa shape index (κ2) is 15.6. The van der Waals surface area contributed by atoms with Gasteiger partial charge in [0.15, 0.2) is 5.78 Å². The van der Waals surface area contributed by atoms with E-state index in [0.29, 0.717) is 21.2 Å². The van der Waals surface area contributed by atoms with E-state index in [-0.39, 0.29) is 6.42 Å². The van der Waals surface area contributed by atoms with Gasteiger partial charge in [-0.3, -0.25) is 19.2 Å². The van der Waals surface area contributed by atoms with Crippen molar-refractivity contribution >= 4 is 46.6 Å². The largest absolute Gasteiger partial charge is 0.405 e. The third-order valence-corrected chi connectivity index (χ3v) is 7.68. The second-order valence-electron chi connectivity index (χ2n) is 11.0. The number of hydrogen-bond acceptors (Lipinski definition) is 4. The van der Waals surface area contributed by atoms with Gasteiger partial charge in [0.05, 0.1) is 0 Å². The van der Waals surface area contributed by atoms with Gasteiger partial charge in [0, 0.05) is 34.7 Å². The van der Waals surface area contributed by atoms with Crippen LogP contribution in [0.1, 0.15) is 55.3 Å². The summed E-state index contributed by atoms with van der Waals surface area (Å²) in [7, 11) is 0. The molecule has 0 heterocycles. The highest BCUT2D eigenvalue weighted by atomic mass is 35.5. The van der Waals surface area contributed by atoms with E-state index in [9.17, 15) is 41.1 Å². The van der Waals surface area contributed by atoms with Crippen molar-refractivity contribution in [3.63, 3.8) is 0 Å². The molecule has 246 valence electrons. The van der Waals surface area contributed by atoms with Crippen LogP contribution in [-0.4, -0.2) is 42.0 Å². The first kappa shape index (κ1) is 36.6. The van der Waals surface area contributed by atoms with E-state index in [1.165, 1.54) is 32.0 Å². The molecule has 0 radical (unpaired) electrons. The monoisotopic (exact) mass is 684 g/mol. The third-order valence-electron chi connectivity index (χ3n) is 7.25. The highest BCUT2D eigenvalue weighted by Gasteiger charge is 2.51. The zero-order valence-corrected chi connectivity index (χ0v) is 26.2. The van der Waals surface area contributed by atoms with Crippen molar-refractivity contribution in [2.24, 2.45) is 11.8 Å². The van der Waals surface area contributed by atoms with E-state index in [2.05, 4.69) is 5.32 Å².